The fraction of sp³-hybridized carbons (Fsp3) is 0.417. The van der Waals surface area contributed by atoms with Crippen LogP contribution in [0.4, 0.5) is 0 Å². The van der Waals surface area contributed by atoms with E-state index in [0.717, 1.165) is 5.75 Å². The minimum absolute atomic E-state index is 0.0134. The van der Waals surface area contributed by atoms with Gasteiger partial charge < -0.3 is 10.5 Å². The first-order valence-corrected chi connectivity index (χ1v) is 5.21. The van der Waals surface area contributed by atoms with E-state index in [1.807, 2.05) is 13.8 Å². The van der Waals surface area contributed by atoms with Crippen molar-refractivity contribution >= 4 is 5.78 Å². The highest BCUT2D eigenvalue weighted by atomic mass is 16.5. The van der Waals surface area contributed by atoms with Crippen LogP contribution in [-0.4, -0.2) is 18.4 Å². The molecule has 0 aromatic heterocycles. The molecule has 1 rings (SSSR count). The van der Waals surface area contributed by atoms with Gasteiger partial charge in [0.2, 0.25) is 0 Å². The van der Waals surface area contributed by atoms with Crippen molar-refractivity contribution in [2.75, 3.05) is 6.61 Å². The van der Waals surface area contributed by atoms with E-state index in [1.54, 1.807) is 24.3 Å². The third-order valence-corrected chi connectivity index (χ3v) is 2.23. The Morgan fingerprint density at radius 2 is 1.93 bits per heavy atom. The molecule has 82 valence electrons. The summed E-state index contributed by atoms with van der Waals surface area (Å²) in [4.78, 5) is 11.7. The summed E-state index contributed by atoms with van der Waals surface area (Å²) >= 11 is 0. The fourth-order valence-corrected chi connectivity index (χ4v) is 1.28. The third kappa shape index (κ3) is 3.06. The first-order chi connectivity index (χ1) is 7.19. The normalized spacial score (nSPS) is 12.2. The summed E-state index contributed by atoms with van der Waals surface area (Å²) in [6, 6.07) is 6.69. The average molecular weight is 207 g/mol. The van der Waals surface area contributed by atoms with E-state index in [9.17, 15) is 4.79 Å². The van der Waals surface area contributed by atoms with Crippen LogP contribution in [-0.2, 0) is 0 Å². The van der Waals surface area contributed by atoms with E-state index in [0.29, 0.717) is 18.6 Å². The van der Waals surface area contributed by atoms with Gasteiger partial charge in [-0.25, -0.2) is 0 Å². The molecule has 0 heterocycles. The largest absolute Gasteiger partial charge is 0.494 e. The van der Waals surface area contributed by atoms with Crippen molar-refractivity contribution in [3.63, 3.8) is 0 Å². The van der Waals surface area contributed by atoms with E-state index >= 15 is 0 Å². The van der Waals surface area contributed by atoms with Crippen LogP contribution in [0.3, 0.4) is 0 Å². The fourth-order valence-electron chi connectivity index (χ4n) is 1.28. The molecule has 3 nitrogen and oxygen atoms in total. The predicted octanol–water partition coefficient (Wildman–Crippen LogP) is 2.01. The van der Waals surface area contributed by atoms with Crippen molar-refractivity contribution in [1.29, 1.82) is 0 Å². The zero-order valence-corrected chi connectivity index (χ0v) is 9.19. The van der Waals surface area contributed by atoms with Gasteiger partial charge in [-0.2, -0.15) is 0 Å². The molecule has 0 aliphatic heterocycles. The quantitative estimate of drug-likeness (QED) is 0.751. The van der Waals surface area contributed by atoms with Gasteiger partial charge in [0.1, 0.15) is 5.75 Å². The average Bonchev–Trinajstić information content (AvgIpc) is 2.28. The molecule has 0 aliphatic carbocycles. The number of ketones is 1. The summed E-state index contributed by atoms with van der Waals surface area (Å²) in [5.41, 5.74) is 6.31. The summed E-state index contributed by atoms with van der Waals surface area (Å²) in [7, 11) is 0. The molecule has 0 saturated carbocycles. The number of benzene rings is 1. The number of hydrogen-bond donors (Lipinski definition) is 1. The molecule has 3 heteroatoms. The molecule has 0 bridgehead atoms. The monoisotopic (exact) mass is 207 g/mol. The highest BCUT2D eigenvalue weighted by Gasteiger charge is 2.13. The molecule has 0 aliphatic rings. The van der Waals surface area contributed by atoms with Gasteiger partial charge in [-0.15, -0.1) is 0 Å². The number of carbonyl (C=O) groups is 1. The van der Waals surface area contributed by atoms with Gasteiger partial charge in [0, 0.05) is 5.56 Å². The van der Waals surface area contributed by atoms with E-state index in [2.05, 4.69) is 0 Å². The molecule has 1 aromatic rings. The molecule has 0 saturated heterocycles. The van der Waals surface area contributed by atoms with Crippen molar-refractivity contribution in [2.45, 2.75) is 26.3 Å². The Bertz CT molecular complexity index is 319. The molecule has 0 fully saturated rings. The van der Waals surface area contributed by atoms with E-state index < -0.39 is 6.04 Å². The summed E-state index contributed by atoms with van der Waals surface area (Å²) in [6.07, 6.45) is 0.659. The standard InChI is InChI=1S/C12H17NO2/c1-3-11(13)12(14)9-5-7-10(8-6-9)15-4-2/h5-8,11H,3-4,13H2,1-2H3. The van der Waals surface area contributed by atoms with E-state index in [1.165, 1.54) is 0 Å². The van der Waals surface area contributed by atoms with Crippen molar-refractivity contribution in [2.24, 2.45) is 5.73 Å². The third-order valence-electron chi connectivity index (χ3n) is 2.23. The minimum atomic E-state index is -0.400. The Hall–Kier alpha value is -1.35. The van der Waals surface area contributed by atoms with Gasteiger partial charge in [-0.3, -0.25) is 4.79 Å². The maximum absolute atomic E-state index is 11.7. The van der Waals surface area contributed by atoms with Gasteiger partial charge in [-0.05, 0) is 37.6 Å². The van der Waals surface area contributed by atoms with Crippen molar-refractivity contribution in [1.82, 2.24) is 0 Å². The lowest BCUT2D eigenvalue weighted by Crippen LogP contribution is -2.29. The predicted molar refractivity (Wildman–Crippen MR) is 60.2 cm³/mol. The molecule has 0 radical (unpaired) electrons. The van der Waals surface area contributed by atoms with Crippen LogP contribution in [0.5, 0.6) is 5.75 Å². The van der Waals surface area contributed by atoms with Gasteiger partial charge in [0.15, 0.2) is 5.78 Å². The maximum Gasteiger partial charge on any atom is 0.179 e. The lowest BCUT2D eigenvalue weighted by molar-refractivity contribution is 0.0959. The lowest BCUT2D eigenvalue weighted by Gasteiger charge is -2.08. The van der Waals surface area contributed by atoms with Gasteiger partial charge in [-0.1, -0.05) is 6.92 Å². The van der Waals surface area contributed by atoms with Crippen LogP contribution >= 0.6 is 0 Å². The summed E-state index contributed by atoms with van der Waals surface area (Å²) in [5, 5.41) is 0. The Balaban J connectivity index is 2.75. The Labute approximate surface area is 90.2 Å². The maximum atomic E-state index is 11.7. The molecule has 2 N–H and O–H groups in total. The molecular formula is C12H17NO2. The van der Waals surface area contributed by atoms with Crippen molar-refractivity contribution in [3.05, 3.63) is 29.8 Å². The van der Waals surface area contributed by atoms with Gasteiger partial charge in [0.25, 0.3) is 0 Å². The molecular weight excluding hydrogens is 190 g/mol. The van der Waals surface area contributed by atoms with Crippen LogP contribution in [0.25, 0.3) is 0 Å². The van der Waals surface area contributed by atoms with Crippen LogP contribution in [0, 0.1) is 0 Å². The molecule has 1 atom stereocenters. The van der Waals surface area contributed by atoms with Crippen LogP contribution in [0.1, 0.15) is 30.6 Å². The zero-order chi connectivity index (χ0) is 11.3. The molecule has 1 aromatic carbocycles. The van der Waals surface area contributed by atoms with Crippen LogP contribution in [0.15, 0.2) is 24.3 Å². The lowest BCUT2D eigenvalue weighted by atomic mass is 10.0. The Morgan fingerprint density at radius 1 is 1.33 bits per heavy atom. The molecule has 0 amide bonds. The zero-order valence-electron chi connectivity index (χ0n) is 9.19. The summed E-state index contributed by atoms with van der Waals surface area (Å²) in [6.45, 7) is 4.45. The van der Waals surface area contributed by atoms with Crippen LogP contribution < -0.4 is 10.5 Å². The van der Waals surface area contributed by atoms with Crippen molar-refractivity contribution in [3.8, 4) is 5.75 Å². The summed E-state index contributed by atoms with van der Waals surface area (Å²) < 4.78 is 5.28. The smallest absolute Gasteiger partial charge is 0.179 e. The number of rotatable bonds is 5. The first kappa shape index (κ1) is 11.7. The highest BCUT2D eigenvalue weighted by molar-refractivity contribution is 5.99. The van der Waals surface area contributed by atoms with E-state index in [4.69, 9.17) is 10.5 Å². The number of ether oxygens (including phenoxy) is 1. The Morgan fingerprint density at radius 3 is 2.40 bits per heavy atom. The molecule has 0 spiro atoms. The van der Waals surface area contributed by atoms with Crippen molar-refractivity contribution < 1.29 is 9.53 Å². The second kappa shape index (κ2) is 5.51. The first-order valence-electron chi connectivity index (χ1n) is 5.21. The van der Waals surface area contributed by atoms with Crippen LogP contribution in [0.2, 0.25) is 0 Å². The van der Waals surface area contributed by atoms with Gasteiger partial charge >= 0.3 is 0 Å². The summed E-state index contributed by atoms with van der Waals surface area (Å²) in [5.74, 6) is 0.764. The van der Waals surface area contributed by atoms with Gasteiger partial charge in [0.05, 0.1) is 12.6 Å². The second-order valence-electron chi connectivity index (χ2n) is 3.34. The highest BCUT2D eigenvalue weighted by Crippen LogP contribution is 2.13. The minimum Gasteiger partial charge on any atom is -0.494 e. The Kier molecular flexibility index (Phi) is 4.31. The number of nitrogens with two attached hydrogens (primary N) is 1. The SMILES string of the molecule is CCOc1ccc(C(=O)C(N)CC)cc1. The molecule has 1 unspecified atom stereocenters. The topological polar surface area (TPSA) is 52.3 Å². The molecule has 15 heavy (non-hydrogen) atoms. The number of Topliss-reactive ketones (excluding diaryl/α,β-unsaturated/α-hetero) is 1. The van der Waals surface area contributed by atoms with E-state index in [-0.39, 0.29) is 5.78 Å². The number of hydrogen-bond acceptors (Lipinski definition) is 3. The second-order valence-corrected chi connectivity index (χ2v) is 3.34. The number of carbonyl (C=O) groups excluding carboxylic acids is 1.